The van der Waals surface area contributed by atoms with Gasteiger partial charge >= 0.3 is 0 Å². The minimum atomic E-state index is 0.376. The first-order chi connectivity index (χ1) is 17.1. The van der Waals surface area contributed by atoms with Crippen LogP contribution in [0.5, 0.6) is 5.88 Å². The maximum Gasteiger partial charge on any atom is 0.216 e. The van der Waals surface area contributed by atoms with E-state index in [2.05, 4.69) is 28.2 Å². The molecule has 0 spiro atoms. The Balaban J connectivity index is 1.16. The second kappa shape index (κ2) is 9.25. The van der Waals surface area contributed by atoms with Crippen molar-refractivity contribution in [2.45, 2.75) is 62.8 Å². The number of hydrogen-bond acceptors (Lipinski definition) is 9. The molecule has 0 aromatic carbocycles. The summed E-state index contributed by atoms with van der Waals surface area (Å²) in [5.41, 5.74) is 8.51. The van der Waals surface area contributed by atoms with E-state index in [0.717, 1.165) is 43.7 Å². The Labute approximate surface area is 209 Å². The zero-order valence-corrected chi connectivity index (χ0v) is 20.8. The number of anilines is 1. The first-order valence-electron chi connectivity index (χ1n) is 12.5. The van der Waals surface area contributed by atoms with Gasteiger partial charge in [-0.15, -0.1) is 11.3 Å². The van der Waals surface area contributed by atoms with Crippen molar-refractivity contribution in [2.75, 3.05) is 25.9 Å². The van der Waals surface area contributed by atoms with E-state index in [1.54, 1.807) is 6.20 Å². The van der Waals surface area contributed by atoms with Gasteiger partial charge in [0.15, 0.2) is 11.5 Å². The fourth-order valence-corrected chi connectivity index (χ4v) is 6.93. The summed E-state index contributed by atoms with van der Waals surface area (Å²) >= 11 is 1.52. The number of nitrogens with two attached hydrogens (primary N) is 1. The number of aryl methyl sites for hydroxylation is 1. The summed E-state index contributed by atoms with van der Waals surface area (Å²) in [6.07, 6.45) is 9.49. The summed E-state index contributed by atoms with van der Waals surface area (Å²) < 4.78 is 12.0. The lowest BCUT2D eigenvalue weighted by molar-refractivity contribution is 0.154. The number of thiophene rings is 1. The molecule has 2 fully saturated rings. The molecular formula is C26H30N6O2S. The number of rotatable bonds is 8. The third-order valence-electron chi connectivity index (χ3n) is 8.05. The molecule has 2 N–H and O–H groups in total. The Hall–Kier alpha value is -2.96. The zero-order chi connectivity index (χ0) is 23.9. The van der Waals surface area contributed by atoms with Crippen LogP contribution >= 0.6 is 11.3 Å². The van der Waals surface area contributed by atoms with Gasteiger partial charge < -0.3 is 19.9 Å². The molecule has 3 aromatic heterocycles. The highest BCUT2D eigenvalue weighted by atomic mass is 32.1. The average Bonchev–Trinajstić information content (AvgIpc) is 3.55. The van der Waals surface area contributed by atoms with Crippen LogP contribution in [-0.4, -0.2) is 46.3 Å². The van der Waals surface area contributed by atoms with Crippen LogP contribution in [0.1, 0.15) is 72.1 Å². The zero-order valence-electron chi connectivity index (χ0n) is 19.9. The van der Waals surface area contributed by atoms with Crippen LogP contribution in [0.2, 0.25) is 0 Å². The molecule has 1 aliphatic heterocycles. The minimum Gasteiger partial charge on any atom is -0.476 e. The summed E-state index contributed by atoms with van der Waals surface area (Å²) in [5, 5.41) is 14.2. The number of nitrogens with zero attached hydrogens (tertiary/aromatic N) is 5. The van der Waals surface area contributed by atoms with E-state index in [-0.39, 0.29) is 0 Å². The van der Waals surface area contributed by atoms with E-state index in [1.165, 1.54) is 41.0 Å². The van der Waals surface area contributed by atoms with Gasteiger partial charge in [-0.2, -0.15) is 10.2 Å². The Kier molecular flexibility index (Phi) is 5.94. The maximum absolute atomic E-state index is 9.15. The molecule has 1 saturated carbocycles. The molecule has 2 atom stereocenters. The number of ether oxygens (including phenoxy) is 1. The monoisotopic (exact) mass is 490 g/mol. The summed E-state index contributed by atoms with van der Waals surface area (Å²) in [7, 11) is 2.15. The number of hydrogen-bond donors (Lipinski definition) is 1. The summed E-state index contributed by atoms with van der Waals surface area (Å²) in [4.78, 5) is 12.7. The minimum absolute atomic E-state index is 0.376. The van der Waals surface area contributed by atoms with Crippen LogP contribution < -0.4 is 10.5 Å². The van der Waals surface area contributed by atoms with Crippen LogP contribution in [0.15, 0.2) is 22.9 Å². The van der Waals surface area contributed by atoms with Gasteiger partial charge in [0.25, 0.3) is 0 Å². The van der Waals surface area contributed by atoms with Crippen molar-refractivity contribution in [3.05, 3.63) is 40.1 Å². The predicted molar refractivity (Wildman–Crippen MR) is 133 cm³/mol. The molecule has 4 aliphatic rings. The Bertz CT molecular complexity index is 1260. The smallest absolute Gasteiger partial charge is 0.216 e. The Morgan fingerprint density at radius 1 is 1.37 bits per heavy atom. The molecule has 2 bridgehead atoms. The first-order valence-corrected chi connectivity index (χ1v) is 13.4. The van der Waals surface area contributed by atoms with Crippen molar-refractivity contribution >= 4 is 16.3 Å². The molecule has 0 radical (unpaired) electrons. The van der Waals surface area contributed by atoms with Crippen LogP contribution in [0.25, 0.3) is 11.5 Å². The number of likely N-dealkylation sites (N-methyl/N-ethyl adjacent to an activating group) is 1. The highest BCUT2D eigenvalue weighted by molar-refractivity contribution is 7.16. The van der Waals surface area contributed by atoms with Gasteiger partial charge in [0.1, 0.15) is 23.4 Å². The molecule has 3 aromatic rings. The fourth-order valence-electron chi connectivity index (χ4n) is 6.01. The SMILES string of the molecule is CN1CCCC1COc1ccnc(-c2noc3c2C2CC(C2)C3CCCc2cc(C#N)c(N)s2)n1. The van der Waals surface area contributed by atoms with Crippen LogP contribution in [0.3, 0.4) is 0 Å². The van der Waals surface area contributed by atoms with Crippen LogP contribution in [0, 0.1) is 17.2 Å². The average molecular weight is 491 g/mol. The van der Waals surface area contributed by atoms with Gasteiger partial charge in [0.05, 0.1) is 5.56 Å². The Morgan fingerprint density at radius 2 is 2.26 bits per heavy atom. The molecule has 1 saturated heterocycles. The van der Waals surface area contributed by atoms with Crippen molar-refractivity contribution in [3.8, 4) is 23.5 Å². The lowest BCUT2D eigenvalue weighted by Gasteiger charge is -2.45. The second-order valence-electron chi connectivity index (χ2n) is 10.1. The first kappa shape index (κ1) is 22.5. The van der Waals surface area contributed by atoms with E-state index >= 15 is 0 Å². The molecule has 4 heterocycles. The molecule has 3 aliphatic carbocycles. The molecule has 7 rings (SSSR count). The van der Waals surface area contributed by atoms with Crippen molar-refractivity contribution in [1.82, 2.24) is 20.0 Å². The van der Waals surface area contributed by atoms with E-state index in [1.807, 2.05) is 12.1 Å². The van der Waals surface area contributed by atoms with Gasteiger partial charge in [-0.3, -0.25) is 0 Å². The van der Waals surface area contributed by atoms with Gasteiger partial charge in [0.2, 0.25) is 5.88 Å². The van der Waals surface area contributed by atoms with E-state index < -0.39 is 0 Å². The standard InChI is InChI=1S/C26H30N6O2S/c1-32-9-3-4-18(32)14-33-21-7-8-29-26(30-21)23-22-16-10-15(11-16)20(24(22)34-31-23)6-2-5-19-12-17(13-27)25(28)35-19/h7-8,12,15-16,18,20H,2-6,9-11,14,28H2,1H3. The van der Waals surface area contributed by atoms with E-state index in [9.17, 15) is 0 Å². The van der Waals surface area contributed by atoms with Crippen molar-refractivity contribution in [2.24, 2.45) is 5.92 Å². The van der Waals surface area contributed by atoms with Gasteiger partial charge in [-0.25, -0.2) is 4.98 Å². The van der Waals surface area contributed by atoms with Gasteiger partial charge in [-0.05, 0) is 76.4 Å². The number of nitrogen functional groups attached to an aromatic ring is 1. The largest absolute Gasteiger partial charge is 0.476 e. The van der Waals surface area contributed by atoms with Crippen molar-refractivity contribution in [1.29, 1.82) is 5.26 Å². The molecule has 8 nitrogen and oxygen atoms in total. The van der Waals surface area contributed by atoms with E-state index in [4.69, 9.17) is 25.2 Å². The summed E-state index contributed by atoms with van der Waals surface area (Å²) in [6.45, 7) is 1.77. The van der Waals surface area contributed by atoms with Crippen LogP contribution in [-0.2, 0) is 6.42 Å². The summed E-state index contributed by atoms with van der Waals surface area (Å²) in [5.74, 6) is 3.74. The van der Waals surface area contributed by atoms with E-state index in [0.29, 0.717) is 52.7 Å². The normalized spacial score (nSPS) is 25.1. The highest BCUT2D eigenvalue weighted by Crippen LogP contribution is 2.59. The molecule has 9 heteroatoms. The molecular weight excluding hydrogens is 460 g/mol. The van der Waals surface area contributed by atoms with Gasteiger partial charge in [0, 0.05) is 34.7 Å². The maximum atomic E-state index is 9.15. The fraction of sp³-hybridized carbons (Fsp3) is 0.538. The lowest BCUT2D eigenvalue weighted by Crippen LogP contribution is -2.34. The number of likely N-dealkylation sites (tertiary alicyclic amines) is 1. The predicted octanol–water partition coefficient (Wildman–Crippen LogP) is 4.73. The Morgan fingerprint density at radius 3 is 3.03 bits per heavy atom. The number of nitriles is 1. The van der Waals surface area contributed by atoms with Gasteiger partial charge in [-0.1, -0.05) is 5.16 Å². The highest BCUT2D eigenvalue weighted by Gasteiger charge is 2.48. The topological polar surface area (TPSA) is 114 Å². The van der Waals surface area contributed by atoms with Crippen molar-refractivity contribution < 1.29 is 9.26 Å². The summed E-state index contributed by atoms with van der Waals surface area (Å²) in [6, 6.07) is 6.36. The molecule has 0 amide bonds. The molecule has 35 heavy (non-hydrogen) atoms. The molecule has 182 valence electrons. The van der Waals surface area contributed by atoms with Crippen LogP contribution in [0.4, 0.5) is 5.00 Å². The third-order valence-corrected chi connectivity index (χ3v) is 9.08. The quantitative estimate of drug-likeness (QED) is 0.482. The van der Waals surface area contributed by atoms with Crippen molar-refractivity contribution in [3.63, 3.8) is 0 Å². The third kappa shape index (κ3) is 4.19. The lowest BCUT2D eigenvalue weighted by atomic mass is 9.58. The second-order valence-corrected chi connectivity index (χ2v) is 11.3. The number of aromatic nitrogens is 3. The molecule has 2 unspecified atom stereocenters.